The molecule has 20 heavy (non-hydrogen) atoms. The number of nitrogens with one attached hydrogen (secondary N) is 1. The van der Waals surface area contributed by atoms with Gasteiger partial charge in [0.2, 0.25) is 0 Å². The summed E-state index contributed by atoms with van der Waals surface area (Å²) in [5, 5.41) is 3.24. The van der Waals surface area contributed by atoms with E-state index in [-0.39, 0.29) is 24.0 Å². The number of hydrogen-bond acceptors (Lipinski definition) is 2. The summed E-state index contributed by atoms with van der Waals surface area (Å²) in [4.78, 5) is 7.71. The lowest BCUT2D eigenvalue weighted by molar-refractivity contribution is 0.478. The summed E-state index contributed by atoms with van der Waals surface area (Å²) in [7, 11) is 2.01. The van der Waals surface area contributed by atoms with Crippen molar-refractivity contribution in [1.29, 1.82) is 0 Å². The van der Waals surface area contributed by atoms with Crippen molar-refractivity contribution in [3.8, 4) is 12.3 Å². The fourth-order valence-corrected chi connectivity index (χ4v) is 2.08. The fraction of sp³-hybridized carbons (Fsp3) is 0.400. The first-order valence-corrected chi connectivity index (χ1v) is 7.49. The van der Waals surface area contributed by atoms with Crippen LogP contribution >= 0.6 is 35.7 Å². The van der Waals surface area contributed by atoms with E-state index in [9.17, 15) is 0 Å². The number of nitrogens with zero attached hydrogens (tertiary/aromatic N) is 2. The van der Waals surface area contributed by atoms with Gasteiger partial charge in [0.05, 0.1) is 0 Å². The number of rotatable bonds is 5. The van der Waals surface area contributed by atoms with Gasteiger partial charge in [-0.3, -0.25) is 0 Å². The molecule has 5 heteroatoms. The number of aliphatic imine (C=N–C) groups is 1. The van der Waals surface area contributed by atoms with Crippen LogP contribution in [-0.2, 0) is 6.54 Å². The Kier molecular flexibility index (Phi) is 10.4. The lowest BCUT2D eigenvalue weighted by Crippen LogP contribution is -2.38. The minimum atomic E-state index is 0. The molecule has 0 amide bonds. The standard InChI is InChI=1S/C15H21N3S.HI/c1-5-11-17-15(16-6-2)18(3)12-13-7-9-14(19-4)10-8-13;/h1,7-10H,6,11-12H2,2-4H3,(H,16,17);1H. The Morgan fingerprint density at radius 1 is 1.40 bits per heavy atom. The number of hydrogen-bond donors (Lipinski definition) is 1. The van der Waals surface area contributed by atoms with E-state index >= 15 is 0 Å². The molecule has 3 nitrogen and oxygen atoms in total. The van der Waals surface area contributed by atoms with Gasteiger partial charge in [-0.15, -0.1) is 42.2 Å². The first kappa shape index (κ1) is 19.1. The van der Waals surface area contributed by atoms with Crippen LogP contribution in [0, 0.1) is 12.3 Å². The summed E-state index contributed by atoms with van der Waals surface area (Å²) in [5.41, 5.74) is 1.26. The Bertz CT molecular complexity index is 451. The zero-order valence-corrected chi connectivity index (χ0v) is 15.4. The Hall–Kier alpha value is -0.870. The second-order valence-electron chi connectivity index (χ2n) is 4.08. The van der Waals surface area contributed by atoms with E-state index in [4.69, 9.17) is 6.42 Å². The van der Waals surface area contributed by atoms with Crippen LogP contribution in [0.3, 0.4) is 0 Å². The number of thioether (sulfide) groups is 1. The average molecular weight is 403 g/mol. The minimum absolute atomic E-state index is 0. The molecular formula is C15H22IN3S. The van der Waals surface area contributed by atoms with Crippen molar-refractivity contribution >= 4 is 41.7 Å². The highest BCUT2D eigenvalue weighted by Crippen LogP contribution is 2.15. The van der Waals surface area contributed by atoms with Crippen LogP contribution in [0.25, 0.3) is 0 Å². The zero-order valence-electron chi connectivity index (χ0n) is 12.2. The lowest BCUT2D eigenvalue weighted by atomic mass is 10.2. The van der Waals surface area contributed by atoms with E-state index in [2.05, 4.69) is 51.7 Å². The molecule has 0 aliphatic heterocycles. The third-order valence-electron chi connectivity index (χ3n) is 2.60. The summed E-state index contributed by atoms with van der Waals surface area (Å²) in [6, 6.07) is 8.57. The minimum Gasteiger partial charge on any atom is -0.356 e. The van der Waals surface area contributed by atoms with Crippen molar-refractivity contribution in [3.05, 3.63) is 29.8 Å². The summed E-state index contributed by atoms with van der Waals surface area (Å²) in [5.74, 6) is 3.38. The van der Waals surface area contributed by atoms with Crippen molar-refractivity contribution in [2.24, 2.45) is 4.99 Å². The SMILES string of the molecule is C#CCN=C(NCC)N(C)Cc1ccc(SC)cc1.I. The molecule has 0 atom stereocenters. The Morgan fingerprint density at radius 3 is 2.55 bits per heavy atom. The highest BCUT2D eigenvalue weighted by Gasteiger charge is 2.05. The van der Waals surface area contributed by atoms with Crippen LogP contribution in [0.5, 0.6) is 0 Å². The van der Waals surface area contributed by atoms with Gasteiger partial charge in [-0.2, -0.15) is 0 Å². The normalized spacial score (nSPS) is 10.4. The molecule has 1 aromatic rings. The first-order chi connectivity index (χ1) is 9.21. The first-order valence-electron chi connectivity index (χ1n) is 6.27. The lowest BCUT2D eigenvalue weighted by Gasteiger charge is -2.22. The monoisotopic (exact) mass is 403 g/mol. The van der Waals surface area contributed by atoms with Gasteiger partial charge < -0.3 is 10.2 Å². The molecule has 0 unspecified atom stereocenters. The van der Waals surface area contributed by atoms with Gasteiger partial charge in [0, 0.05) is 25.0 Å². The highest BCUT2D eigenvalue weighted by molar-refractivity contribution is 14.0. The van der Waals surface area contributed by atoms with Gasteiger partial charge in [0.1, 0.15) is 6.54 Å². The molecule has 0 aliphatic carbocycles. The number of terminal acetylenes is 1. The van der Waals surface area contributed by atoms with Crippen LogP contribution in [0.1, 0.15) is 12.5 Å². The van der Waals surface area contributed by atoms with Crippen molar-refractivity contribution in [3.63, 3.8) is 0 Å². The van der Waals surface area contributed by atoms with E-state index in [1.54, 1.807) is 11.8 Å². The molecule has 1 rings (SSSR count). The van der Waals surface area contributed by atoms with Crippen LogP contribution in [-0.4, -0.2) is 37.3 Å². The topological polar surface area (TPSA) is 27.6 Å². The maximum absolute atomic E-state index is 5.25. The van der Waals surface area contributed by atoms with Crippen molar-refractivity contribution in [1.82, 2.24) is 10.2 Å². The molecular weight excluding hydrogens is 381 g/mol. The Morgan fingerprint density at radius 2 is 2.05 bits per heavy atom. The third kappa shape index (κ3) is 6.53. The molecule has 0 aromatic heterocycles. The predicted molar refractivity (Wildman–Crippen MR) is 99.9 cm³/mol. The van der Waals surface area contributed by atoms with Gasteiger partial charge in [-0.1, -0.05) is 18.1 Å². The van der Waals surface area contributed by atoms with Crippen LogP contribution in [0.4, 0.5) is 0 Å². The Balaban J connectivity index is 0.00000361. The highest BCUT2D eigenvalue weighted by atomic mass is 127. The average Bonchev–Trinajstić information content (AvgIpc) is 2.44. The smallest absolute Gasteiger partial charge is 0.194 e. The van der Waals surface area contributed by atoms with Gasteiger partial charge in [-0.05, 0) is 30.9 Å². The summed E-state index contributed by atoms with van der Waals surface area (Å²) in [6.07, 6.45) is 7.33. The predicted octanol–water partition coefficient (Wildman–Crippen LogP) is 3.06. The third-order valence-corrected chi connectivity index (χ3v) is 3.34. The molecule has 0 bridgehead atoms. The molecule has 0 aliphatic rings. The molecule has 1 aromatic carbocycles. The van der Waals surface area contributed by atoms with Crippen LogP contribution < -0.4 is 5.32 Å². The van der Waals surface area contributed by atoms with E-state index in [1.807, 2.05) is 14.0 Å². The fourth-order valence-electron chi connectivity index (χ4n) is 1.67. The number of halogens is 1. The maximum atomic E-state index is 5.25. The van der Waals surface area contributed by atoms with Crippen molar-refractivity contribution in [2.75, 3.05) is 26.4 Å². The summed E-state index contributed by atoms with van der Waals surface area (Å²) < 4.78 is 0. The Labute approximate surface area is 143 Å². The maximum Gasteiger partial charge on any atom is 0.194 e. The second-order valence-corrected chi connectivity index (χ2v) is 4.96. The van der Waals surface area contributed by atoms with E-state index in [1.165, 1.54) is 10.5 Å². The largest absolute Gasteiger partial charge is 0.356 e. The quantitative estimate of drug-likeness (QED) is 0.269. The van der Waals surface area contributed by atoms with E-state index < -0.39 is 0 Å². The van der Waals surface area contributed by atoms with Crippen LogP contribution in [0.2, 0.25) is 0 Å². The van der Waals surface area contributed by atoms with Gasteiger partial charge in [-0.25, -0.2) is 4.99 Å². The summed E-state index contributed by atoms with van der Waals surface area (Å²) in [6.45, 7) is 4.09. The van der Waals surface area contributed by atoms with Crippen molar-refractivity contribution in [2.45, 2.75) is 18.4 Å². The molecule has 1 N–H and O–H groups in total. The van der Waals surface area contributed by atoms with Gasteiger partial charge >= 0.3 is 0 Å². The zero-order chi connectivity index (χ0) is 14.1. The molecule has 0 spiro atoms. The molecule has 0 saturated heterocycles. The number of benzene rings is 1. The van der Waals surface area contributed by atoms with E-state index in [0.29, 0.717) is 6.54 Å². The molecule has 110 valence electrons. The molecule has 0 fully saturated rings. The van der Waals surface area contributed by atoms with Gasteiger partial charge in [0.25, 0.3) is 0 Å². The molecule has 0 saturated carbocycles. The van der Waals surface area contributed by atoms with Crippen LogP contribution in [0.15, 0.2) is 34.2 Å². The number of guanidine groups is 1. The van der Waals surface area contributed by atoms with Crippen molar-refractivity contribution < 1.29 is 0 Å². The molecule has 0 heterocycles. The second kappa shape index (κ2) is 10.9. The molecule has 0 radical (unpaired) electrons. The van der Waals surface area contributed by atoms with Gasteiger partial charge in [0.15, 0.2) is 5.96 Å². The van der Waals surface area contributed by atoms with E-state index in [0.717, 1.165) is 19.0 Å². The summed E-state index contributed by atoms with van der Waals surface area (Å²) >= 11 is 1.75.